The minimum Gasteiger partial charge on any atom is -0.496 e. The maximum Gasteiger partial charge on any atom is 0.282 e. The molecule has 4 rings (SSSR count). The lowest BCUT2D eigenvalue weighted by Crippen LogP contribution is -2.41. The van der Waals surface area contributed by atoms with Gasteiger partial charge in [-0.1, -0.05) is 6.07 Å². The molecule has 0 bridgehead atoms. The van der Waals surface area contributed by atoms with Crippen LogP contribution in [-0.4, -0.2) is 34.7 Å². The van der Waals surface area contributed by atoms with Gasteiger partial charge in [-0.3, -0.25) is 0 Å². The first-order valence-corrected chi connectivity index (χ1v) is 8.09. The van der Waals surface area contributed by atoms with E-state index >= 15 is 0 Å². The summed E-state index contributed by atoms with van der Waals surface area (Å²) in [5, 5.41) is 0. The zero-order chi connectivity index (χ0) is 16.7. The molecule has 0 saturated carbocycles. The Balaban J connectivity index is 1.83. The Hall–Kier alpha value is -2.63. The molecule has 124 valence electrons. The zero-order valence-electron chi connectivity index (χ0n) is 13.8. The smallest absolute Gasteiger partial charge is 0.282 e. The highest BCUT2D eigenvalue weighted by Crippen LogP contribution is 2.44. The highest BCUT2D eigenvalue weighted by molar-refractivity contribution is 5.75. The van der Waals surface area contributed by atoms with E-state index in [1.165, 1.54) is 11.1 Å². The van der Waals surface area contributed by atoms with E-state index in [9.17, 15) is 0 Å². The Bertz CT molecular complexity index is 806. The standard InChI is InChI=1S/C18H20N4O2/c1-11-18(22-17(19)24-11)6-5-14-13(12-8-20-10-21-9-12)3-4-16(23-2)15(14)7-18/h3-4,8-11H,5-7H2,1-2H3,(H2,19,22)/t11-,18-/m0/s1. The highest BCUT2D eigenvalue weighted by Gasteiger charge is 2.46. The summed E-state index contributed by atoms with van der Waals surface area (Å²) < 4.78 is 11.2. The minimum atomic E-state index is -0.295. The first-order chi connectivity index (χ1) is 11.6. The van der Waals surface area contributed by atoms with Gasteiger partial charge in [-0.05, 0) is 37.0 Å². The van der Waals surface area contributed by atoms with Gasteiger partial charge in [-0.2, -0.15) is 0 Å². The molecule has 0 radical (unpaired) electrons. The molecular formula is C18H20N4O2. The van der Waals surface area contributed by atoms with Crippen LogP contribution in [0.3, 0.4) is 0 Å². The molecule has 1 aliphatic heterocycles. The Kier molecular flexibility index (Phi) is 3.40. The van der Waals surface area contributed by atoms with Crippen molar-refractivity contribution < 1.29 is 9.47 Å². The van der Waals surface area contributed by atoms with Crippen molar-refractivity contribution in [2.45, 2.75) is 37.8 Å². The van der Waals surface area contributed by atoms with Crippen LogP contribution in [0.25, 0.3) is 11.1 Å². The summed E-state index contributed by atoms with van der Waals surface area (Å²) >= 11 is 0. The summed E-state index contributed by atoms with van der Waals surface area (Å²) in [4.78, 5) is 12.9. The van der Waals surface area contributed by atoms with Gasteiger partial charge in [0.05, 0.1) is 7.11 Å². The number of hydrogen-bond donors (Lipinski definition) is 1. The van der Waals surface area contributed by atoms with Crippen LogP contribution < -0.4 is 10.5 Å². The Morgan fingerprint density at radius 1 is 1.25 bits per heavy atom. The van der Waals surface area contributed by atoms with Gasteiger partial charge in [0.25, 0.3) is 6.02 Å². The molecule has 1 spiro atoms. The lowest BCUT2D eigenvalue weighted by molar-refractivity contribution is 0.140. The Labute approximate surface area is 140 Å². The van der Waals surface area contributed by atoms with Gasteiger partial charge in [0, 0.05) is 29.9 Å². The van der Waals surface area contributed by atoms with Crippen LogP contribution in [0, 0.1) is 0 Å². The van der Waals surface area contributed by atoms with Crippen molar-refractivity contribution in [3.63, 3.8) is 0 Å². The fourth-order valence-electron chi connectivity index (χ4n) is 3.86. The fraction of sp³-hybridized carbons (Fsp3) is 0.389. The molecule has 2 aliphatic rings. The van der Waals surface area contributed by atoms with Crippen LogP contribution in [0.4, 0.5) is 0 Å². The van der Waals surface area contributed by atoms with Crippen LogP contribution in [0.1, 0.15) is 24.5 Å². The number of nitrogens with two attached hydrogens (primary N) is 1. The van der Waals surface area contributed by atoms with Crippen molar-refractivity contribution in [1.82, 2.24) is 9.97 Å². The van der Waals surface area contributed by atoms with Gasteiger partial charge in [-0.25, -0.2) is 15.0 Å². The van der Waals surface area contributed by atoms with Crippen LogP contribution in [0.15, 0.2) is 35.8 Å². The summed E-state index contributed by atoms with van der Waals surface area (Å²) in [6, 6.07) is 4.38. The second kappa shape index (κ2) is 5.47. The molecular weight excluding hydrogens is 304 g/mol. The second-order valence-electron chi connectivity index (χ2n) is 6.39. The zero-order valence-corrected chi connectivity index (χ0v) is 13.8. The summed E-state index contributed by atoms with van der Waals surface area (Å²) in [6.45, 7) is 2.04. The van der Waals surface area contributed by atoms with Gasteiger partial charge >= 0.3 is 0 Å². The van der Waals surface area contributed by atoms with E-state index in [4.69, 9.17) is 15.2 Å². The van der Waals surface area contributed by atoms with Gasteiger partial charge < -0.3 is 15.2 Å². The van der Waals surface area contributed by atoms with E-state index in [0.29, 0.717) is 0 Å². The lowest BCUT2D eigenvalue weighted by Gasteiger charge is -2.35. The van der Waals surface area contributed by atoms with Crippen molar-refractivity contribution in [1.29, 1.82) is 0 Å². The number of amidine groups is 1. The predicted molar refractivity (Wildman–Crippen MR) is 90.9 cm³/mol. The molecule has 0 saturated heterocycles. The normalized spacial score (nSPS) is 25.1. The third kappa shape index (κ3) is 2.21. The number of ether oxygens (including phenoxy) is 2. The molecule has 24 heavy (non-hydrogen) atoms. The molecule has 2 aromatic rings. The van der Waals surface area contributed by atoms with Crippen molar-refractivity contribution in [3.05, 3.63) is 42.0 Å². The fourth-order valence-corrected chi connectivity index (χ4v) is 3.86. The van der Waals surface area contributed by atoms with E-state index < -0.39 is 0 Å². The Morgan fingerprint density at radius 3 is 2.71 bits per heavy atom. The topological polar surface area (TPSA) is 82.6 Å². The lowest BCUT2D eigenvalue weighted by atomic mass is 9.73. The average molecular weight is 324 g/mol. The number of fused-ring (bicyclic) bond motifs is 1. The largest absolute Gasteiger partial charge is 0.496 e. The molecule has 2 N–H and O–H groups in total. The van der Waals surface area contributed by atoms with E-state index in [1.807, 2.05) is 25.4 Å². The second-order valence-corrected chi connectivity index (χ2v) is 6.39. The van der Waals surface area contributed by atoms with Crippen molar-refractivity contribution in [2.24, 2.45) is 10.7 Å². The molecule has 0 unspecified atom stereocenters. The number of aliphatic imine (C=N–C) groups is 1. The van der Waals surface area contributed by atoms with Crippen LogP contribution >= 0.6 is 0 Å². The molecule has 0 amide bonds. The van der Waals surface area contributed by atoms with E-state index in [-0.39, 0.29) is 17.7 Å². The number of methoxy groups -OCH3 is 1. The first kappa shape index (κ1) is 14.9. The number of rotatable bonds is 2. The van der Waals surface area contributed by atoms with Crippen molar-refractivity contribution in [2.75, 3.05) is 7.11 Å². The number of aromatic nitrogens is 2. The van der Waals surface area contributed by atoms with Crippen molar-refractivity contribution >= 4 is 6.02 Å². The van der Waals surface area contributed by atoms with Gasteiger partial charge in [-0.15, -0.1) is 0 Å². The van der Waals surface area contributed by atoms with Crippen LogP contribution in [-0.2, 0) is 17.6 Å². The average Bonchev–Trinajstić information content (AvgIpc) is 2.87. The number of hydrogen-bond acceptors (Lipinski definition) is 6. The molecule has 6 nitrogen and oxygen atoms in total. The maximum absolute atomic E-state index is 5.82. The molecule has 1 aromatic heterocycles. The Morgan fingerprint density at radius 2 is 2.04 bits per heavy atom. The number of nitrogens with zero attached hydrogens (tertiary/aromatic N) is 3. The van der Waals surface area contributed by atoms with Crippen LogP contribution in [0.5, 0.6) is 5.75 Å². The maximum atomic E-state index is 5.82. The molecule has 1 aromatic carbocycles. The molecule has 0 fully saturated rings. The number of benzene rings is 1. The predicted octanol–water partition coefficient (Wildman–Crippen LogP) is 2.11. The summed E-state index contributed by atoms with van der Waals surface area (Å²) in [5.74, 6) is 0.887. The molecule has 2 heterocycles. The SMILES string of the molecule is COc1ccc(-c2cncnc2)c2c1C[C@]1(CC2)N=C(N)O[C@H]1C. The molecule has 6 heteroatoms. The van der Waals surface area contributed by atoms with E-state index in [1.54, 1.807) is 13.4 Å². The minimum absolute atomic E-state index is 0.0286. The monoisotopic (exact) mass is 324 g/mol. The highest BCUT2D eigenvalue weighted by atomic mass is 16.5. The van der Waals surface area contributed by atoms with Crippen molar-refractivity contribution in [3.8, 4) is 16.9 Å². The first-order valence-electron chi connectivity index (χ1n) is 8.09. The van der Waals surface area contributed by atoms with E-state index in [0.717, 1.165) is 36.1 Å². The third-order valence-corrected chi connectivity index (χ3v) is 5.16. The molecule has 2 atom stereocenters. The van der Waals surface area contributed by atoms with E-state index in [2.05, 4.69) is 21.0 Å². The summed E-state index contributed by atoms with van der Waals surface area (Å²) in [6.07, 6.45) is 7.75. The summed E-state index contributed by atoms with van der Waals surface area (Å²) in [7, 11) is 1.70. The van der Waals surface area contributed by atoms with Gasteiger partial charge in [0.2, 0.25) is 0 Å². The quantitative estimate of drug-likeness (QED) is 0.915. The third-order valence-electron chi connectivity index (χ3n) is 5.16. The van der Waals surface area contributed by atoms with Crippen LogP contribution in [0.2, 0.25) is 0 Å². The van der Waals surface area contributed by atoms with Gasteiger partial charge in [0.15, 0.2) is 0 Å². The summed E-state index contributed by atoms with van der Waals surface area (Å²) in [5.41, 5.74) is 10.2. The van der Waals surface area contributed by atoms with Gasteiger partial charge in [0.1, 0.15) is 23.7 Å². The molecule has 1 aliphatic carbocycles.